The van der Waals surface area contributed by atoms with Crippen LogP contribution in [0.1, 0.15) is 29.0 Å². The SMILES string of the molecule is NC(NC(/N=C/c1ccccc1)c1ccccc1)c1cccc(-n2c3ccccc3c3cc(-c4ccc5c6ccccc6n(-c6ccccc6)c5c4)ccc32)c1. The molecule has 5 nitrogen and oxygen atoms in total. The average molecular weight is 722 g/mol. The van der Waals surface area contributed by atoms with Gasteiger partial charge in [0.1, 0.15) is 6.17 Å². The first-order valence-corrected chi connectivity index (χ1v) is 19.1. The van der Waals surface area contributed by atoms with Gasteiger partial charge in [-0.3, -0.25) is 10.3 Å². The number of hydrogen-bond acceptors (Lipinski definition) is 3. The Kier molecular flexibility index (Phi) is 8.56. The van der Waals surface area contributed by atoms with Crippen LogP contribution in [-0.4, -0.2) is 15.3 Å². The fourth-order valence-corrected chi connectivity index (χ4v) is 8.12. The Labute approximate surface area is 325 Å². The van der Waals surface area contributed by atoms with Gasteiger partial charge in [0.25, 0.3) is 0 Å². The molecule has 0 spiro atoms. The van der Waals surface area contributed by atoms with Crippen molar-refractivity contribution < 1.29 is 0 Å². The van der Waals surface area contributed by atoms with E-state index in [0.717, 1.165) is 39.1 Å². The predicted octanol–water partition coefficient (Wildman–Crippen LogP) is 11.9. The molecule has 5 heteroatoms. The minimum Gasteiger partial charge on any atom is -0.312 e. The summed E-state index contributed by atoms with van der Waals surface area (Å²) in [4.78, 5) is 4.94. The zero-order valence-electron chi connectivity index (χ0n) is 30.7. The molecule has 0 saturated heterocycles. The standard InChI is InChI=1S/C51H39N5/c52-50(54-51(36-17-6-2-7-18-36)53-34-35-15-4-1-5-16-35)39-19-14-22-41(31-39)56-47-26-13-11-24-43(47)45-32-37(28-30-48(45)56)38-27-29-44-42-23-10-12-25-46(42)55(49(44)33-38)40-20-8-3-9-21-40/h1-34,50-51,54H,52H2/b53-34+. The summed E-state index contributed by atoms with van der Waals surface area (Å²) in [6.45, 7) is 0. The number of hydrogen-bond donors (Lipinski definition) is 2. The molecule has 0 radical (unpaired) electrons. The number of para-hydroxylation sites is 3. The lowest BCUT2D eigenvalue weighted by atomic mass is 10.0. The highest BCUT2D eigenvalue weighted by atomic mass is 15.1. The van der Waals surface area contributed by atoms with Crippen molar-refractivity contribution >= 4 is 49.8 Å². The van der Waals surface area contributed by atoms with E-state index >= 15 is 0 Å². The van der Waals surface area contributed by atoms with Gasteiger partial charge < -0.3 is 14.9 Å². The number of fused-ring (bicyclic) bond motifs is 6. The van der Waals surface area contributed by atoms with E-state index in [9.17, 15) is 0 Å². The molecule has 10 aromatic rings. The summed E-state index contributed by atoms with van der Waals surface area (Å²) < 4.78 is 4.73. The van der Waals surface area contributed by atoms with Crippen LogP contribution in [0, 0.1) is 0 Å². The van der Waals surface area contributed by atoms with E-state index in [1.54, 1.807) is 0 Å². The molecule has 10 rings (SSSR count). The van der Waals surface area contributed by atoms with Crippen molar-refractivity contribution in [2.24, 2.45) is 10.7 Å². The quantitative estimate of drug-likeness (QED) is 0.115. The van der Waals surface area contributed by atoms with Gasteiger partial charge in [0.2, 0.25) is 0 Å². The second-order valence-electron chi connectivity index (χ2n) is 14.2. The summed E-state index contributed by atoms with van der Waals surface area (Å²) in [5, 5.41) is 8.50. The topological polar surface area (TPSA) is 60.3 Å². The van der Waals surface area contributed by atoms with Crippen LogP contribution in [0.15, 0.2) is 205 Å². The van der Waals surface area contributed by atoms with E-state index < -0.39 is 6.17 Å². The van der Waals surface area contributed by atoms with Crippen molar-refractivity contribution in [3.05, 3.63) is 217 Å². The van der Waals surface area contributed by atoms with E-state index in [2.05, 4.69) is 166 Å². The van der Waals surface area contributed by atoms with E-state index in [1.807, 2.05) is 54.7 Å². The average Bonchev–Trinajstić information content (AvgIpc) is 3.78. The number of aliphatic imine (C=N–C) groups is 1. The molecule has 0 bridgehead atoms. The maximum absolute atomic E-state index is 6.95. The third-order valence-corrected chi connectivity index (χ3v) is 10.8. The summed E-state index contributed by atoms with van der Waals surface area (Å²) in [6, 6.07) is 70.6. The normalized spacial score (nSPS) is 12.9. The van der Waals surface area contributed by atoms with Crippen LogP contribution in [0.2, 0.25) is 0 Å². The van der Waals surface area contributed by atoms with Crippen LogP contribution in [0.3, 0.4) is 0 Å². The van der Waals surface area contributed by atoms with E-state index in [0.29, 0.717) is 0 Å². The fraction of sp³-hybridized carbons (Fsp3) is 0.0392. The third-order valence-electron chi connectivity index (χ3n) is 10.8. The molecule has 56 heavy (non-hydrogen) atoms. The molecular weight excluding hydrogens is 683 g/mol. The minimum absolute atomic E-state index is 0.324. The van der Waals surface area contributed by atoms with Gasteiger partial charge in [-0.15, -0.1) is 0 Å². The maximum atomic E-state index is 6.95. The van der Waals surface area contributed by atoms with Crippen molar-refractivity contribution in [2.45, 2.75) is 12.3 Å². The highest BCUT2D eigenvalue weighted by molar-refractivity contribution is 6.12. The molecule has 0 aliphatic heterocycles. The number of nitrogens with two attached hydrogens (primary N) is 1. The Hall–Kier alpha value is -7.05. The van der Waals surface area contributed by atoms with Crippen LogP contribution in [0.4, 0.5) is 0 Å². The van der Waals surface area contributed by atoms with Crippen molar-refractivity contribution in [1.82, 2.24) is 14.5 Å². The van der Waals surface area contributed by atoms with Crippen LogP contribution in [0.5, 0.6) is 0 Å². The summed E-state index contributed by atoms with van der Waals surface area (Å²) in [6.07, 6.45) is 1.12. The Morgan fingerprint density at radius 2 is 0.964 bits per heavy atom. The third kappa shape index (κ3) is 6.06. The highest BCUT2D eigenvalue weighted by Gasteiger charge is 2.18. The number of nitrogens with zero attached hydrogens (tertiary/aromatic N) is 3. The number of rotatable bonds is 9. The largest absolute Gasteiger partial charge is 0.312 e. The van der Waals surface area contributed by atoms with Crippen LogP contribution >= 0.6 is 0 Å². The van der Waals surface area contributed by atoms with Crippen molar-refractivity contribution in [2.75, 3.05) is 0 Å². The first-order valence-electron chi connectivity index (χ1n) is 19.1. The summed E-state index contributed by atoms with van der Waals surface area (Å²) in [5.41, 5.74) is 19.3. The van der Waals surface area contributed by atoms with Crippen molar-refractivity contribution in [1.29, 1.82) is 0 Å². The molecular formula is C51H39N5. The summed E-state index contributed by atoms with van der Waals surface area (Å²) in [7, 11) is 0. The molecule has 2 aromatic heterocycles. The summed E-state index contributed by atoms with van der Waals surface area (Å²) in [5.74, 6) is 0. The zero-order valence-corrected chi connectivity index (χ0v) is 30.7. The molecule has 2 unspecified atom stereocenters. The number of nitrogens with one attached hydrogen (secondary N) is 1. The number of aromatic nitrogens is 2. The van der Waals surface area contributed by atoms with E-state index in [4.69, 9.17) is 10.7 Å². The highest BCUT2D eigenvalue weighted by Crippen LogP contribution is 2.38. The lowest BCUT2D eigenvalue weighted by molar-refractivity contribution is 0.467. The van der Waals surface area contributed by atoms with Gasteiger partial charge in [0, 0.05) is 39.1 Å². The van der Waals surface area contributed by atoms with Gasteiger partial charge in [-0.05, 0) is 82.4 Å². The molecule has 8 aromatic carbocycles. The van der Waals surface area contributed by atoms with Gasteiger partial charge in [-0.25, -0.2) is 0 Å². The van der Waals surface area contributed by atoms with Crippen molar-refractivity contribution in [3.63, 3.8) is 0 Å². The Balaban J connectivity index is 1.03. The lowest BCUT2D eigenvalue weighted by Gasteiger charge is -2.22. The molecule has 0 saturated carbocycles. The van der Waals surface area contributed by atoms with Gasteiger partial charge >= 0.3 is 0 Å². The van der Waals surface area contributed by atoms with E-state index in [1.165, 1.54) is 43.7 Å². The Morgan fingerprint density at radius 3 is 1.71 bits per heavy atom. The maximum Gasteiger partial charge on any atom is 0.127 e. The number of benzene rings is 8. The molecule has 0 aliphatic rings. The lowest BCUT2D eigenvalue weighted by Crippen LogP contribution is -2.31. The molecule has 268 valence electrons. The van der Waals surface area contributed by atoms with Gasteiger partial charge in [-0.2, -0.15) is 0 Å². The van der Waals surface area contributed by atoms with Crippen LogP contribution < -0.4 is 11.1 Å². The van der Waals surface area contributed by atoms with E-state index in [-0.39, 0.29) is 6.17 Å². The molecule has 0 aliphatic carbocycles. The van der Waals surface area contributed by atoms with Crippen LogP contribution in [0.25, 0.3) is 66.1 Å². The second-order valence-corrected chi connectivity index (χ2v) is 14.2. The molecule has 3 N–H and O–H groups in total. The second kappa shape index (κ2) is 14.3. The van der Waals surface area contributed by atoms with Gasteiger partial charge in [-0.1, -0.05) is 146 Å². The molecule has 0 fully saturated rings. The molecule has 0 amide bonds. The Morgan fingerprint density at radius 1 is 0.429 bits per heavy atom. The first kappa shape index (κ1) is 33.5. The fourth-order valence-electron chi connectivity index (χ4n) is 8.12. The van der Waals surface area contributed by atoms with Crippen molar-refractivity contribution in [3.8, 4) is 22.5 Å². The zero-order chi connectivity index (χ0) is 37.4. The Bertz CT molecular complexity index is 3020. The minimum atomic E-state index is -0.464. The van der Waals surface area contributed by atoms with Gasteiger partial charge in [0.15, 0.2) is 0 Å². The predicted molar refractivity (Wildman–Crippen MR) is 234 cm³/mol. The summed E-state index contributed by atoms with van der Waals surface area (Å²) >= 11 is 0. The first-order chi connectivity index (χ1) is 27.7. The molecule has 2 heterocycles. The monoisotopic (exact) mass is 721 g/mol. The van der Waals surface area contributed by atoms with Gasteiger partial charge in [0.05, 0.1) is 28.2 Å². The smallest absolute Gasteiger partial charge is 0.127 e. The van der Waals surface area contributed by atoms with Crippen LogP contribution in [-0.2, 0) is 0 Å². The molecule has 2 atom stereocenters.